The van der Waals surface area contributed by atoms with E-state index in [9.17, 15) is 5.11 Å². The number of benzene rings is 1. The Morgan fingerprint density at radius 3 is 2.44 bits per heavy atom. The fourth-order valence-electron chi connectivity index (χ4n) is 1.37. The van der Waals surface area contributed by atoms with Gasteiger partial charge in [0.1, 0.15) is 0 Å². The molecule has 1 aromatic carbocycles. The van der Waals surface area contributed by atoms with Crippen molar-refractivity contribution in [2.24, 2.45) is 0 Å². The molecule has 0 fully saturated rings. The average Bonchev–Trinajstić information content (AvgIpc) is 2.27. The molecule has 0 aromatic heterocycles. The molecular formula is C13H20INO. The van der Waals surface area contributed by atoms with Crippen molar-refractivity contribution in [3.63, 3.8) is 0 Å². The van der Waals surface area contributed by atoms with Crippen molar-refractivity contribution in [2.75, 3.05) is 6.54 Å². The molecule has 0 amide bonds. The van der Waals surface area contributed by atoms with Gasteiger partial charge in [-0.3, -0.25) is 0 Å². The Labute approximate surface area is 112 Å². The zero-order valence-electron chi connectivity index (χ0n) is 10.1. The smallest absolute Gasteiger partial charge is 0.0741 e. The lowest BCUT2D eigenvalue weighted by Crippen LogP contribution is -2.38. The first kappa shape index (κ1) is 13.9. The molecule has 0 aliphatic heterocycles. The number of aliphatic hydroxyl groups is 1. The standard InChI is InChI=1S/C13H20INO/c1-4-13(3,16)9-15-10(2)11-5-7-12(14)8-6-11/h5-8,10,15-16H,4,9H2,1-3H3. The Bertz CT molecular complexity index is 321. The zero-order valence-corrected chi connectivity index (χ0v) is 12.3. The molecule has 3 heteroatoms. The molecule has 0 saturated heterocycles. The van der Waals surface area contributed by atoms with E-state index in [1.807, 2.05) is 13.8 Å². The maximum Gasteiger partial charge on any atom is 0.0741 e. The number of hydrogen-bond donors (Lipinski definition) is 2. The number of nitrogens with one attached hydrogen (secondary N) is 1. The van der Waals surface area contributed by atoms with Gasteiger partial charge < -0.3 is 10.4 Å². The van der Waals surface area contributed by atoms with Crippen LogP contribution in [0.15, 0.2) is 24.3 Å². The zero-order chi connectivity index (χ0) is 12.2. The van der Waals surface area contributed by atoms with E-state index in [-0.39, 0.29) is 6.04 Å². The fraction of sp³-hybridized carbons (Fsp3) is 0.538. The molecule has 0 spiro atoms. The van der Waals surface area contributed by atoms with E-state index in [1.54, 1.807) is 0 Å². The van der Waals surface area contributed by atoms with Crippen LogP contribution in [-0.4, -0.2) is 17.3 Å². The van der Waals surface area contributed by atoms with Crippen LogP contribution in [0, 0.1) is 3.57 Å². The summed E-state index contributed by atoms with van der Waals surface area (Å²) >= 11 is 2.30. The van der Waals surface area contributed by atoms with E-state index in [1.165, 1.54) is 9.13 Å². The Morgan fingerprint density at radius 1 is 1.38 bits per heavy atom. The van der Waals surface area contributed by atoms with Crippen LogP contribution in [-0.2, 0) is 0 Å². The number of halogens is 1. The monoisotopic (exact) mass is 333 g/mol. The first-order valence-corrected chi connectivity index (χ1v) is 6.74. The van der Waals surface area contributed by atoms with Crippen molar-refractivity contribution < 1.29 is 5.11 Å². The second kappa shape index (κ2) is 5.98. The van der Waals surface area contributed by atoms with E-state index in [0.29, 0.717) is 6.54 Å². The summed E-state index contributed by atoms with van der Waals surface area (Å²) in [7, 11) is 0. The molecule has 0 bridgehead atoms. The van der Waals surface area contributed by atoms with Gasteiger partial charge in [-0.2, -0.15) is 0 Å². The van der Waals surface area contributed by atoms with Gasteiger partial charge in [-0.25, -0.2) is 0 Å². The molecule has 2 N–H and O–H groups in total. The van der Waals surface area contributed by atoms with Crippen LogP contribution in [0.5, 0.6) is 0 Å². The topological polar surface area (TPSA) is 32.3 Å². The van der Waals surface area contributed by atoms with Gasteiger partial charge in [0.05, 0.1) is 5.60 Å². The van der Waals surface area contributed by atoms with Crippen LogP contribution in [0.4, 0.5) is 0 Å². The third-order valence-corrected chi connectivity index (χ3v) is 3.64. The van der Waals surface area contributed by atoms with Crippen molar-refractivity contribution in [3.05, 3.63) is 33.4 Å². The van der Waals surface area contributed by atoms with Crippen molar-refractivity contribution in [2.45, 2.75) is 38.8 Å². The Hall–Kier alpha value is -0.130. The lowest BCUT2D eigenvalue weighted by Gasteiger charge is -2.24. The Morgan fingerprint density at radius 2 is 1.94 bits per heavy atom. The fourth-order valence-corrected chi connectivity index (χ4v) is 1.73. The second-order valence-corrected chi connectivity index (χ2v) is 5.75. The highest BCUT2D eigenvalue weighted by molar-refractivity contribution is 14.1. The van der Waals surface area contributed by atoms with E-state index >= 15 is 0 Å². The predicted octanol–water partition coefficient (Wildman–Crippen LogP) is 3.10. The molecule has 16 heavy (non-hydrogen) atoms. The molecule has 2 nitrogen and oxygen atoms in total. The van der Waals surface area contributed by atoms with Gasteiger partial charge in [0.15, 0.2) is 0 Å². The molecule has 1 aromatic rings. The summed E-state index contributed by atoms with van der Waals surface area (Å²) in [5.41, 5.74) is 0.643. The van der Waals surface area contributed by atoms with Crippen molar-refractivity contribution in [3.8, 4) is 0 Å². The number of rotatable bonds is 5. The summed E-state index contributed by atoms with van der Waals surface area (Å²) in [5.74, 6) is 0. The molecular weight excluding hydrogens is 313 g/mol. The molecule has 0 saturated carbocycles. The largest absolute Gasteiger partial charge is 0.389 e. The molecule has 0 heterocycles. The Balaban J connectivity index is 2.53. The summed E-state index contributed by atoms with van der Waals surface area (Å²) in [6.45, 7) is 6.60. The first-order chi connectivity index (χ1) is 7.44. The van der Waals surface area contributed by atoms with Gasteiger partial charge in [-0.05, 0) is 60.6 Å². The number of hydrogen-bond acceptors (Lipinski definition) is 2. The van der Waals surface area contributed by atoms with Crippen molar-refractivity contribution >= 4 is 22.6 Å². The molecule has 0 radical (unpaired) electrons. The highest BCUT2D eigenvalue weighted by Gasteiger charge is 2.18. The van der Waals surface area contributed by atoms with Gasteiger partial charge in [-0.1, -0.05) is 19.1 Å². The molecule has 0 aliphatic rings. The van der Waals surface area contributed by atoms with Crippen molar-refractivity contribution in [1.82, 2.24) is 5.32 Å². The van der Waals surface area contributed by atoms with Gasteiger partial charge in [0, 0.05) is 16.2 Å². The quantitative estimate of drug-likeness (QED) is 0.812. The maximum atomic E-state index is 9.90. The van der Waals surface area contributed by atoms with Crippen molar-refractivity contribution in [1.29, 1.82) is 0 Å². The second-order valence-electron chi connectivity index (χ2n) is 4.50. The van der Waals surface area contributed by atoms with E-state index in [0.717, 1.165) is 6.42 Å². The molecule has 2 unspecified atom stereocenters. The van der Waals surface area contributed by atoms with Crippen LogP contribution in [0.1, 0.15) is 38.8 Å². The minimum atomic E-state index is -0.614. The van der Waals surface area contributed by atoms with Crippen LogP contribution >= 0.6 is 22.6 Å². The lowest BCUT2D eigenvalue weighted by molar-refractivity contribution is 0.0533. The third kappa shape index (κ3) is 4.39. The van der Waals surface area contributed by atoms with Gasteiger partial charge in [-0.15, -0.1) is 0 Å². The Kier molecular flexibility index (Phi) is 5.21. The summed E-state index contributed by atoms with van der Waals surface area (Å²) in [6, 6.07) is 8.73. The van der Waals surface area contributed by atoms with Crippen LogP contribution in [0.3, 0.4) is 0 Å². The van der Waals surface area contributed by atoms with Gasteiger partial charge in [0.25, 0.3) is 0 Å². The maximum absolute atomic E-state index is 9.90. The minimum Gasteiger partial charge on any atom is -0.389 e. The lowest BCUT2D eigenvalue weighted by atomic mass is 10.0. The van der Waals surface area contributed by atoms with Crippen LogP contribution in [0.25, 0.3) is 0 Å². The highest BCUT2D eigenvalue weighted by Crippen LogP contribution is 2.16. The summed E-state index contributed by atoms with van der Waals surface area (Å²) in [6.07, 6.45) is 0.763. The normalized spacial score (nSPS) is 16.8. The van der Waals surface area contributed by atoms with E-state index in [2.05, 4.69) is 59.1 Å². The van der Waals surface area contributed by atoms with E-state index < -0.39 is 5.60 Å². The summed E-state index contributed by atoms with van der Waals surface area (Å²) in [4.78, 5) is 0. The predicted molar refractivity (Wildman–Crippen MR) is 76.5 cm³/mol. The third-order valence-electron chi connectivity index (χ3n) is 2.92. The highest BCUT2D eigenvalue weighted by atomic mass is 127. The molecule has 90 valence electrons. The van der Waals surface area contributed by atoms with Gasteiger partial charge in [0.2, 0.25) is 0 Å². The van der Waals surface area contributed by atoms with Gasteiger partial charge >= 0.3 is 0 Å². The molecule has 2 atom stereocenters. The van der Waals surface area contributed by atoms with E-state index in [4.69, 9.17) is 0 Å². The SMILES string of the molecule is CCC(C)(O)CNC(C)c1ccc(I)cc1. The first-order valence-electron chi connectivity index (χ1n) is 5.66. The summed E-state index contributed by atoms with van der Waals surface area (Å²) < 4.78 is 1.24. The van der Waals surface area contributed by atoms with Crippen LogP contribution < -0.4 is 5.32 Å². The molecule has 1 rings (SSSR count). The summed E-state index contributed by atoms with van der Waals surface area (Å²) in [5, 5.41) is 13.3. The molecule has 0 aliphatic carbocycles. The minimum absolute atomic E-state index is 0.273. The average molecular weight is 333 g/mol. The van der Waals surface area contributed by atoms with Crippen LogP contribution in [0.2, 0.25) is 0 Å².